The van der Waals surface area contributed by atoms with Crippen LogP contribution in [0.3, 0.4) is 0 Å². The molecule has 2 amide bonds. The zero-order valence-electron chi connectivity index (χ0n) is 14.7. The molecule has 0 bridgehead atoms. The van der Waals surface area contributed by atoms with Crippen molar-refractivity contribution in [1.82, 2.24) is 19.7 Å². The summed E-state index contributed by atoms with van der Waals surface area (Å²) in [6, 6.07) is 4.58. The molecule has 1 fully saturated rings. The number of carbonyl (C=O) groups excluding carboxylic acids is 2. The van der Waals surface area contributed by atoms with Crippen molar-refractivity contribution in [3.05, 3.63) is 33.8 Å². The number of likely N-dealkylation sites (N-methyl/N-ethyl adjacent to an activating group) is 2. The van der Waals surface area contributed by atoms with Gasteiger partial charge in [0.1, 0.15) is 6.04 Å². The molecule has 1 aliphatic heterocycles. The molecule has 9 heteroatoms. The lowest BCUT2D eigenvalue weighted by Crippen LogP contribution is -2.58. The van der Waals surface area contributed by atoms with Gasteiger partial charge in [-0.2, -0.15) is 0 Å². The first kappa shape index (κ1) is 18.5. The second kappa shape index (κ2) is 7.51. The molecule has 0 radical (unpaired) electrons. The Labute approximate surface area is 155 Å². The van der Waals surface area contributed by atoms with E-state index in [1.807, 2.05) is 11.9 Å². The predicted molar refractivity (Wildman–Crippen MR) is 97.2 cm³/mol. The maximum Gasteiger partial charge on any atom is 0.419 e. The standard InChI is InChI=1S/C17H21ClN4O4/c1-19-16(24)13-10-21(8-7-20(13)2)15(23)5-6-22-12-4-3-11(18)9-14(12)26-17(22)25/h3-4,9,13H,5-8,10H2,1-2H3,(H,19,24)/t13-/m0/s1. The highest BCUT2D eigenvalue weighted by atomic mass is 35.5. The molecule has 2 aromatic rings. The van der Waals surface area contributed by atoms with Crippen LogP contribution in [-0.4, -0.2) is 66.0 Å². The summed E-state index contributed by atoms with van der Waals surface area (Å²) in [6.45, 7) is 1.73. The third-order valence-electron chi connectivity index (χ3n) is 4.73. The quantitative estimate of drug-likeness (QED) is 0.835. The fourth-order valence-corrected chi connectivity index (χ4v) is 3.33. The van der Waals surface area contributed by atoms with E-state index in [9.17, 15) is 14.4 Å². The van der Waals surface area contributed by atoms with Crippen molar-refractivity contribution in [1.29, 1.82) is 0 Å². The van der Waals surface area contributed by atoms with Gasteiger partial charge in [0.15, 0.2) is 5.58 Å². The number of nitrogens with zero attached hydrogens (tertiary/aromatic N) is 3. The number of fused-ring (bicyclic) bond motifs is 1. The molecule has 8 nitrogen and oxygen atoms in total. The van der Waals surface area contributed by atoms with Gasteiger partial charge in [0, 0.05) is 50.7 Å². The lowest BCUT2D eigenvalue weighted by Gasteiger charge is -2.38. The van der Waals surface area contributed by atoms with Crippen molar-refractivity contribution >= 4 is 34.5 Å². The fourth-order valence-electron chi connectivity index (χ4n) is 3.17. The van der Waals surface area contributed by atoms with Gasteiger partial charge in [0.05, 0.1) is 5.52 Å². The van der Waals surface area contributed by atoms with Crippen molar-refractivity contribution < 1.29 is 14.0 Å². The number of piperazine rings is 1. The Kier molecular flexibility index (Phi) is 5.33. The van der Waals surface area contributed by atoms with Crippen molar-refractivity contribution in [2.75, 3.05) is 33.7 Å². The van der Waals surface area contributed by atoms with Crippen LogP contribution in [0.4, 0.5) is 0 Å². The number of hydrogen-bond acceptors (Lipinski definition) is 5. The van der Waals surface area contributed by atoms with E-state index in [0.717, 1.165) is 0 Å². The van der Waals surface area contributed by atoms with Crippen LogP contribution in [0, 0.1) is 0 Å². The number of halogens is 1. The molecule has 1 aromatic heterocycles. The summed E-state index contributed by atoms with van der Waals surface area (Å²) in [5.74, 6) is -0.724. The van der Waals surface area contributed by atoms with E-state index in [1.165, 1.54) is 4.57 Å². The highest BCUT2D eigenvalue weighted by molar-refractivity contribution is 6.31. The van der Waals surface area contributed by atoms with E-state index >= 15 is 0 Å². The molecule has 0 spiro atoms. The molecule has 1 saturated heterocycles. The summed E-state index contributed by atoms with van der Waals surface area (Å²) >= 11 is 5.90. The molecule has 1 aliphatic rings. The number of carbonyl (C=O) groups is 2. The summed E-state index contributed by atoms with van der Waals surface area (Å²) < 4.78 is 6.60. The number of nitrogens with one attached hydrogen (secondary N) is 1. The van der Waals surface area contributed by atoms with E-state index in [-0.39, 0.29) is 30.8 Å². The van der Waals surface area contributed by atoms with Crippen molar-refractivity contribution in [2.45, 2.75) is 19.0 Å². The molecule has 2 heterocycles. The van der Waals surface area contributed by atoms with Gasteiger partial charge >= 0.3 is 5.76 Å². The number of oxazole rings is 1. The molecule has 0 saturated carbocycles. The first-order valence-corrected chi connectivity index (χ1v) is 8.77. The molecule has 0 unspecified atom stereocenters. The van der Waals surface area contributed by atoms with E-state index in [2.05, 4.69) is 5.32 Å². The first-order valence-electron chi connectivity index (χ1n) is 8.39. The van der Waals surface area contributed by atoms with Crippen LogP contribution in [0.2, 0.25) is 5.02 Å². The Morgan fingerprint density at radius 1 is 1.35 bits per heavy atom. The number of aromatic nitrogens is 1. The zero-order chi connectivity index (χ0) is 18.8. The van der Waals surface area contributed by atoms with Crippen LogP contribution in [0.25, 0.3) is 11.1 Å². The molecule has 26 heavy (non-hydrogen) atoms. The summed E-state index contributed by atoms with van der Waals surface area (Å²) in [5, 5.41) is 3.10. The second-order valence-corrected chi connectivity index (χ2v) is 6.77. The van der Waals surface area contributed by atoms with Gasteiger partial charge in [-0.3, -0.25) is 19.1 Å². The van der Waals surface area contributed by atoms with Crippen molar-refractivity contribution in [2.24, 2.45) is 0 Å². The SMILES string of the molecule is CNC(=O)[C@@H]1CN(C(=O)CCn2c(=O)oc3cc(Cl)ccc32)CCN1C. The van der Waals surface area contributed by atoms with E-state index in [1.54, 1.807) is 30.1 Å². The fraction of sp³-hybridized carbons (Fsp3) is 0.471. The van der Waals surface area contributed by atoms with E-state index in [0.29, 0.717) is 35.8 Å². The average molecular weight is 381 g/mol. The number of rotatable bonds is 4. The van der Waals surface area contributed by atoms with Gasteiger partial charge in [-0.1, -0.05) is 11.6 Å². The Balaban J connectivity index is 1.68. The predicted octanol–water partition coefficient (Wildman–Crippen LogP) is 0.527. The van der Waals surface area contributed by atoms with Crippen LogP contribution >= 0.6 is 11.6 Å². The zero-order valence-corrected chi connectivity index (χ0v) is 15.5. The van der Waals surface area contributed by atoms with Crippen LogP contribution < -0.4 is 11.1 Å². The monoisotopic (exact) mass is 380 g/mol. The third-order valence-corrected chi connectivity index (χ3v) is 4.96. The van der Waals surface area contributed by atoms with Gasteiger partial charge in [0.25, 0.3) is 0 Å². The highest BCUT2D eigenvalue weighted by Gasteiger charge is 2.31. The Morgan fingerprint density at radius 3 is 2.85 bits per heavy atom. The van der Waals surface area contributed by atoms with Gasteiger partial charge in [-0.25, -0.2) is 4.79 Å². The topological polar surface area (TPSA) is 87.8 Å². The summed E-state index contributed by atoms with van der Waals surface area (Å²) in [5.41, 5.74) is 1.00. The average Bonchev–Trinajstić information content (AvgIpc) is 2.93. The van der Waals surface area contributed by atoms with Crippen LogP contribution in [0.15, 0.2) is 27.4 Å². The molecule has 140 valence electrons. The molecule has 1 aromatic carbocycles. The summed E-state index contributed by atoms with van der Waals surface area (Å²) in [4.78, 5) is 40.1. The number of hydrogen-bond donors (Lipinski definition) is 1. The van der Waals surface area contributed by atoms with Crippen LogP contribution in [0.5, 0.6) is 0 Å². The number of aryl methyl sites for hydroxylation is 1. The van der Waals surface area contributed by atoms with Gasteiger partial charge in [0.2, 0.25) is 11.8 Å². The van der Waals surface area contributed by atoms with Crippen molar-refractivity contribution in [3.8, 4) is 0 Å². The third kappa shape index (κ3) is 3.61. The minimum atomic E-state index is -0.517. The van der Waals surface area contributed by atoms with E-state index in [4.69, 9.17) is 16.0 Å². The Hall–Kier alpha value is -2.32. The number of benzene rings is 1. The number of amides is 2. The molecule has 1 N–H and O–H groups in total. The normalized spacial score (nSPS) is 18.3. The maximum absolute atomic E-state index is 12.6. The second-order valence-electron chi connectivity index (χ2n) is 6.33. The van der Waals surface area contributed by atoms with Crippen LogP contribution in [-0.2, 0) is 16.1 Å². The summed E-state index contributed by atoms with van der Waals surface area (Å²) in [6.07, 6.45) is 0.154. The Morgan fingerprint density at radius 2 is 2.12 bits per heavy atom. The minimum Gasteiger partial charge on any atom is -0.408 e. The molecular formula is C17H21ClN4O4. The van der Waals surface area contributed by atoms with Gasteiger partial charge in [-0.05, 0) is 19.2 Å². The Bertz CT molecular complexity index is 891. The maximum atomic E-state index is 12.6. The van der Waals surface area contributed by atoms with E-state index < -0.39 is 5.76 Å². The minimum absolute atomic E-state index is 0.0952. The van der Waals surface area contributed by atoms with Gasteiger partial charge in [-0.15, -0.1) is 0 Å². The molecular weight excluding hydrogens is 360 g/mol. The first-order chi connectivity index (χ1) is 12.4. The van der Waals surface area contributed by atoms with Crippen molar-refractivity contribution in [3.63, 3.8) is 0 Å². The molecule has 1 atom stereocenters. The van der Waals surface area contributed by atoms with Gasteiger partial charge < -0.3 is 14.6 Å². The lowest BCUT2D eigenvalue weighted by molar-refractivity contribution is -0.137. The van der Waals surface area contributed by atoms with Crippen LogP contribution in [0.1, 0.15) is 6.42 Å². The lowest BCUT2D eigenvalue weighted by atomic mass is 10.1. The molecule has 3 rings (SSSR count). The highest BCUT2D eigenvalue weighted by Crippen LogP contribution is 2.19. The summed E-state index contributed by atoms with van der Waals surface area (Å²) in [7, 11) is 3.45. The smallest absolute Gasteiger partial charge is 0.408 e. The molecule has 0 aliphatic carbocycles. The largest absolute Gasteiger partial charge is 0.419 e.